The smallest absolute Gasteiger partial charge is 0.223 e. The summed E-state index contributed by atoms with van der Waals surface area (Å²) in [4.78, 5) is 34.9. The molecule has 1 aliphatic rings. The summed E-state index contributed by atoms with van der Waals surface area (Å²) in [6.07, 6.45) is 3.86. The largest absolute Gasteiger partial charge is 0.346 e. The summed E-state index contributed by atoms with van der Waals surface area (Å²) in [5, 5.41) is 3.14. The number of imidazole rings is 1. The molecule has 2 aromatic carbocycles. The first-order chi connectivity index (χ1) is 14.4. The monoisotopic (exact) mass is 402 g/mol. The lowest BCUT2D eigenvalue weighted by molar-refractivity contribution is -0.130. The van der Waals surface area contributed by atoms with Gasteiger partial charge < -0.3 is 15.2 Å². The minimum atomic E-state index is -0.327. The van der Waals surface area contributed by atoms with Crippen molar-refractivity contribution in [2.45, 2.75) is 39.3 Å². The fourth-order valence-electron chi connectivity index (χ4n) is 3.99. The topological polar surface area (TPSA) is 78.1 Å². The lowest BCUT2D eigenvalue weighted by Crippen LogP contribution is -2.37. The number of hydrogen-bond acceptors (Lipinski definition) is 3. The van der Waals surface area contributed by atoms with Crippen molar-refractivity contribution in [1.82, 2.24) is 20.2 Å². The molecule has 0 bridgehead atoms. The number of hydrogen-bond donors (Lipinski definition) is 2. The van der Waals surface area contributed by atoms with Crippen LogP contribution in [-0.2, 0) is 9.59 Å². The predicted octanol–water partition coefficient (Wildman–Crippen LogP) is 4.34. The van der Waals surface area contributed by atoms with E-state index in [9.17, 15) is 9.59 Å². The van der Waals surface area contributed by atoms with E-state index < -0.39 is 0 Å². The van der Waals surface area contributed by atoms with Crippen molar-refractivity contribution in [3.63, 3.8) is 0 Å². The molecule has 0 saturated heterocycles. The molecule has 0 spiro atoms. The maximum absolute atomic E-state index is 13.1. The van der Waals surface area contributed by atoms with Gasteiger partial charge in [0.05, 0.1) is 29.5 Å². The molecule has 154 valence electrons. The number of aromatic nitrogens is 2. The number of amides is 2. The van der Waals surface area contributed by atoms with Gasteiger partial charge in [0.1, 0.15) is 5.82 Å². The van der Waals surface area contributed by atoms with Crippen LogP contribution in [0, 0.1) is 5.92 Å². The zero-order valence-corrected chi connectivity index (χ0v) is 17.4. The Morgan fingerprint density at radius 1 is 1.13 bits per heavy atom. The van der Waals surface area contributed by atoms with Gasteiger partial charge in [-0.25, -0.2) is 4.98 Å². The predicted molar refractivity (Wildman–Crippen MR) is 117 cm³/mol. The van der Waals surface area contributed by atoms with Gasteiger partial charge in [0.25, 0.3) is 0 Å². The SMILES string of the molecule is CC(=O)N1C=Cc2ccccc2C1CC(=O)NC(c1nc2ccccc2[nH]1)C(C)C. The van der Waals surface area contributed by atoms with Gasteiger partial charge in [0.15, 0.2) is 0 Å². The van der Waals surface area contributed by atoms with E-state index >= 15 is 0 Å². The lowest BCUT2D eigenvalue weighted by Gasteiger charge is -2.33. The second-order valence-corrected chi connectivity index (χ2v) is 8.02. The molecule has 2 heterocycles. The molecule has 0 aliphatic carbocycles. The molecule has 4 rings (SSSR count). The number of benzene rings is 2. The van der Waals surface area contributed by atoms with Crippen molar-refractivity contribution in [3.8, 4) is 0 Å². The molecule has 3 aromatic rings. The number of nitrogens with one attached hydrogen (secondary N) is 2. The number of H-pyrrole nitrogens is 1. The van der Waals surface area contributed by atoms with E-state index in [4.69, 9.17) is 0 Å². The summed E-state index contributed by atoms with van der Waals surface area (Å²) < 4.78 is 0. The fraction of sp³-hybridized carbons (Fsp3) is 0.292. The van der Waals surface area contributed by atoms with Gasteiger partial charge in [0.2, 0.25) is 11.8 Å². The Labute approximate surface area is 176 Å². The molecule has 2 atom stereocenters. The number of carbonyl (C=O) groups is 2. The molecule has 0 radical (unpaired) electrons. The Bertz CT molecular complexity index is 1080. The van der Waals surface area contributed by atoms with Crippen molar-refractivity contribution in [2.75, 3.05) is 0 Å². The third kappa shape index (κ3) is 3.85. The van der Waals surface area contributed by atoms with Gasteiger partial charge in [-0.15, -0.1) is 0 Å². The van der Waals surface area contributed by atoms with Crippen LogP contribution < -0.4 is 5.32 Å². The van der Waals surface area contributed by atoms with Crippen LogP contribution in [-0.4, -0.2) is 26.7 Å². The number of para-hydroxylation sites is 2. The van der Waals surface area contributed by atoms with E-state index in [1.807, 2.05) is 54.6 Å². The Morgan fingerprint density at radius 3 is 2.60 bits per heavy atom. The maximum atomic E-state index is 13.1. The van der Waals surface area contributed by atoms with Crippen molar-refractivity contribution < 1.29 is 9.59 Å². The summed E-state index contributed by atoms with van der Waals surface area (Å²) in [7, 11) is 0. The Morgan fingerprint density at radius 2 is 1.87 bits per heavy atom. The van der Waals surface area contributed by atoms with Gasteiger partial charge in [-0.1, -0.05) is 50.2 Å². The first kappa shape index (κ1) is 19.9. The summed E-state index contributed by atoms with van der Waals surface area (Å²) in [5.41, 5.74) is 3.84. The number of fused-ring (bicyclic) bond motifs is 2. The number of carbonyl (C=O) groups excluding carboxylic acids is 2. The Hall–Kier alpha value is -3.41. The fourth-order valence-corrected chi connectivity index (χ4v) is 3.99. The van der Waals surface area contributed by atoms with Gasteiger partial charge in [-0.2, -0.15) is 0 Å². The van der Waals surface area contributed by atoms with Crippen molar-refractivity contribution >= 4 is 28.9 Å². The number of aromatic amines is 1. The number of rotatable bonds is 5. The first-order valence-electron chi connectivity index (χ1n) is 10.2. The average Bonchev–Trinajstić information content (AvgIpc) is 3.15. The van der Waals surface area contributed by atoms with Crippen LogP contribution in [0.25, 0.3) is 17.1 Å². The Kier molecular flexibility index (Phi) is 5.40. The molecule has 6 heteroatoms. The van der Waals surface area contributed by atoms with Gasteiger partial charge in [-0.05, 0) is 35.3 Å². The van der Waals surface area contributed by atoms with Gasteiger partial charge in [0, 0.05) is 13.1 Å². The van der Waals surface area contributed by atoms with E-state index in [1.165, 1.54) is 6.92 Å². The van der Waals surface area contributed by atoms with E-state index in [0.717, 1.165) is 28.0 Å². The highest BCUT2D eigenvalue weighted by molar-refractivity contribution is 5.82. The van der Waals surface area contributed by atoms with Crippen LogP contribution in [0.2, 0.25) is 0 Å². The molecule has 2 amide bonds. The third-order valence-electron chi connectivity index (χ3n) is 5.53. The third-order valence-corrected chi connectivity index (χ3v) is 5.53. The van der Waals surface area contributed by atoms with E-state index in [0.29, 0.717) is 0 Å². The molecule has 1 aliphatic heterocycles. The zero-order chi connectivity index (χ0) is 21.3. The Balaban J connectivity index is 1.57. The molecule has 0 saturated carbocycles. The van der Waals surface area contributed by atoms with E-state index in [-0.39, 0.29) is 36.2 Å². The molecule has 1 aromatic heterocycles. The van der Waals surface area contributed by atoms with Gasteiger partial charge >= 0.3 is 0 Å². The summed E-state index contributed by atoms with van der Waals surface area (Å²) >= 11 is 0. The second-order valence-electron chi connectivity index (χ2n) is 8.02. The standard InChI is InChI=1S/C24H26N4O2/c1-15(2)23(24-25-19-10-6-7-11-20(19)26-24)27-22(30)14-21-18-9-5-4-8-17(18)12-13-28(21)16(3)29/h4-13,15,21,23H,14H2,1-3H3,(H,25,26)(H,27,30). The van der Waals surface area contributed by atoms with E-state index in [1.54, 1.807) is 11.1 Å². The van der Waals surface area contributed by atoms with Gasteiger partial charge in [-0.3, -0.25) is 9.59 Å². The van der Waals surface area contributed by atoms with Crippen LogP contribution in [0.15, 0.2) is 54.7 Å². The molecule has 0 fully saturated rings. The first-order valence-corrected chi connectivity index (χ1v) is 10.2. The highest BCUT2D eigenvalue weighted by Crippen LogP contribution is 2.33. The molecule has 30 heavy (non-hydrogen) atoms. The molecule has 6 nitrogen and oxygen atoms in total. The maximum Gasteiger partial charge on any atom is 0.223 e. The summed E-state index contributed by atoms with van der Waals surface area (Å²) in [5.74, 6) is 0.690. The minimum Gasteiger partial charge on any atom is -0.346 e. The second kappa shape index (κ2) is 8.14. The minimum absolute atomic E-state index is 0.0868. The highest BCUT2D eigenvalue weighted by atomic mass is 16.2. The number of nitrogens with zero attached hydrogens (tertiary/aromatic N) is 2. The average molecular weight is 402 g/mol. The van der Waals surface area contributed by atoms with Crippen LogP contribution in [0.4, 0.5) is 0 Å². The van der Waals surface area contributed by atoms with Crippen LogP contribution in [0.3, 0.4) is 0 Å². The van der Waals surface area contributed by atoms with Crippen LogP contribution in [0.1, 0.15) is 56.2 Å². The quantitative estimate of drug-likeness (QED) is 0.666. The normalized spacial score (nSPS) is 16.5. The van der Waals surface area contributed by atoms with Crippen molar-refractivity contribution in [1.29, 1.82) is 0 Å². The van der Waals surface area contributed by atoms with Crippen LogP contribution in [0.5, 0.6) is 0 Å². The van der Waals surface area contributed by atoms with Crippen LogP contribution >= 0.6 is 0 Å². The summed E-state index contributed by atoms with van der Waals surface area (Å²) in [6.45, 7) is 5.63. The van der Waals surface area contributed by atoms with E-state index in [2.05, 4.69) is 29.1 Å². The lowest BCUT2D eigenvalue weighted by atomic mass is 9.93. The molecular weight excluding hydrogens is 376 g/mol. The van der Waals surface area contributed by atoms with Crippen molar-refractivity contribution in [3.05, 3.63) is 71.7 Å². The molecule has 2 N–H and O–H groups in total. The molecule has 2 unspecified atom stereocenters. The highest BCUT2D eigenvalue weighted by Gasteiger charge is 2.30. The summed E-state index contributed by atoms with van der Waals surface area (Å²) in [6, 6.07) is 15.1. The zero-order valence-electron chi connectivity index (χ0n) is 17.4. The molecular formula is C24H26N4O2. The van der Waals surface area contributed by atoms with Crippen molar-refractivity contribution in [2.24, 2.45) is 5.92 Å².